The predicted molar refractivity (Wildman–Crippen MR) is 121 cm³/mol. The molecule has 0 saturated heterocycles. The summed E-state index contributed by atoms with van der Waals surface area (Å²) in [6.45, 7) is 3.70. The number of halogens is 2. The summed E-state index contributed by atoms with van der Waals surface area (Å²) in [6.07, 6.45) is 0. The van der Waals surface area contributed by atoms with Crippen LogP contribution in [0.5, 0.6) is 0 Å². The van der Waals surface area contributed by atoms with Gasteiger partial charge in [0.15, 0.2) is 0 Å². The van der Waals surface area contributed by atoms with E-state index in [1.165, 1.54) is 21.5 Å². The SMILES string of the molecule is Cc1nn(Cc2ccc(F)cc2)c(Cl)c1C(=O)Nc1c(C)n(C)n(-c2ccccc2)c1=O. The average molecular weight is 454 g/mol. The number of hydrogen-bond donors (Lipinski definition) is 1. The van der Waals surface area contributed by atoms with E-state index in [4.69, 9.17) is 11.6 Å². The van der Waals surface area contributed by atoms with Gasteiger partial charge in [0.05, 0.1) is 29.2 Å². The van der Waals surface area contributed by atoms with Gasteiger partial charge in [-0.2, -0.15) is 5.10 Å². The van der Waals surface area contributed by atoms with E-state index in [0.29, 0.717) is 17.1 Å². The minimum Gasteiger partial charge on any atom is -0.316 e. The molecule has 0 radical (unpaired) electrons. The fraction of sp³-hybridized carbons (Fsp3) is 0.174. The van der Waals surface area contributed by atoms with Gasteiger partial charge in [0.25, 0.3) is 11.5 Å². The highest BCUT2D eigenvalue weighted by Crippen LogP contribution is 2.23. The maximum Gasteiger partial charge on any atom is 0.295 e. The van der Waals surface area contributed by atoms with Crippen molar-refractivity contribution in [2.45, 2.75) is 20.4 Å². The van der Waals surface area contributed by atoms with Crippen LogP contribution in [0.1, 0.15) is 27.3 Å². The number of carbonyl (C=O) groups excluding carboxylic acids is 1. The molecule has 0 atom stereocenters. The number of para-hydroxylation sites is 1. The Morgan fingerprint density at radius 2 is 1.75 bits per heavy atom. The van der Waals surface area contributed by atoms with E-state index in [1.807, 2.05) is 30.3 Å². The molecule has 2 aromatic carbocycles. The number of carbonyl (C=O) groups is 1. The molecule has 0 unspecified atom stereocenters. The topological polar surface area (TPSA) is 73.8 Å². The van der Waals surface area contributed by atoms with Crippen LogP contribution in [0.2, 0.25) is 5.15 Å². The van der Waals surface area contributed by atoms with Crippen molar-refractivity contribution in [2.24, 2.45) is 7.05 Å². The molecule has 1 amide bonds. The Morgan fingerprint density at radius 3 is 2.41 bits per heavy atom. The van der Waals surface area contributed by atoms with Crippen molar-refractivity contribution in [3.63, 3.8) is 0 Å². The molecule has 9 heteroatoms. The van der Waals surface area contributed by atoms with Crippen molar-refractivity contribution in [3.05, 3.63) is 98.4 Å². The number of aryl methyl sites for hydroxylation is 1. The zero-order valence-corrected chi connectivity index (χ0v) is 18.5. The second-order valence-electron chi connectivity index (χ2n) is 7.43. The number of rotatable bonds is 5. The molecular formula is C23H21ClFN5O2. The molecule has 0 spiro atoms. The molecule has 0 aliphatic rings. The van der Waals surface area contributed by atoms with Gasteiger partial charge in [0.2, 0.25) is 0 Å². The number of nitrogens with zero attached hydrogens (tertiary/aromatic N) is 4. The summed E-state index contributed by atoms with van der Waals surface area (Å²) in [5, 5.41) is 7.20. The van der Waals surface area contributed by atoms with Crippen molar-refractivity contribution < 1.29 is 9.18 Å². The van der Waals surface area contributed by atoms with E-state index < -0.39 is 5.91 Å². The smallest absolute Gasteiger partial charge is 0.295 e. The second-order valence-corrected chi connectivity index (χ2v) is 7.78. The van der Waals surface area contributed by atoms with E-state index >= 15 is 0 Å². The van der Waals surface area contributed by atoms with Crippen LogP contribution in [0.25, 0.3) is 5.69 Å². The summed E-state index contributed by atoms with van der Waals surface area (Å²) in [5.41, 5.74) is 2.49. The van der Waals surface area contributed by atoms with Crippen LogP contribution in [0, 0.1) is 19.7 Å². The summed E-state index contributed by atoms with van der Waals surface area (Å²) in [6, 6.07) is 15.1. The van der Waals surface area contributed by atoms with Crippen LogP contribution in [-0.2, 0) is 13.6 Å². The van der Waals surface area contributed by atoms with Gasteiger partial charge in [0.1, 0.15) is 16.7 Å². The minimum absolute atomic E-state index is 0.140. The largest absolute Gasteiger partial charge is 0.316 e. The summed E-state index contributed by atoms with van der Waals surface area (Å²) in [5.74, 6) is -0.861. The number of anilines is 1. The minimum atomic E-state index is -0.524. The first-order valence-corrected chi connectivity index (χ1v) is 10.3. The zero-order valence-electron chi connectivity index (χ0n) is 17.8. The molecule has 1 N–H and O–H groups in total. The third-order valence-corrected chi connectivity index (χ3v) is 5.71. The van der Waals surface area contributed by atoms with E-state index in [2.05, 4.69) is 10.4 Å². The highest BCUT2D eigenvalue weighted by molar-refractivity contribution is 6.33. The first-order chi connectivity index (χ1) is 15.3. The summed E-state index contributed by atoms with van der Waals surface area (Å²) < 4.78 is 17.8. The van der Waals surface area contributed by atoms with Gasteiger partial charge in [-0.1, -0.05) is 41.9 Å². The highest BCUT2D eigenvalue weighted by Gasteiger charge is 2.24. The molecule has 0 saturated carbocycles. The molecule has 2 aromatic heterocycles. The zero-order chi connectivity index (χ0) is 23.0. The standard InChI is InChI=1S/C23H21ClFN5O2/c1-14-19(21(24)29(27-14)13-16-9-11-17(25)12-10-16)22(31)26-20-15(2)28(3)30(23(20)32)18-7-5-4-6-8-18/h4-12H,13H2,1-3H3,(H,26,31). The summed E-state index contributed by atoms with van der Waals surface area (Å²) >= 11 is 6.46. The molecule has 0 fully saturated rings. The Hall–Kier alpha value is -3.65. The average Bonchev–Trinajstić information content (AvgIpc) is 3.17. The Labute approximate surface area is 188 Å². The fourth-order valence-electron chi connectivity index (χ4n) is 3.57. The number of aromatic nitrogens is 4. The van der Waals surface area contributed by atoms with Gasteiger partial charge in [-0.3, -0.25) is 14.3 Å². The monoisotopic (exact) mass is 453 g/mol. The van der Waals surface area contributed by atoms with Gasteiger partial charge in [-0.05, 0) is 43.7 Å². The lowest BCUT2D eigenvalue weighted by Crippen LogP contribution is -2.23. The fourth-order valence-corrected chi connectivity index (χ4v) is 3.89. The van der Waals surface area contributed by atoms with E-state index in [-0.39, 0.29) is 34.3 Å². The first kappa shape index (κ1) is 21.6. The molecule has 0 bridgehead atoms. The maximum atomic E-state index is 13.2. The van der Waals surface area contributed by atoms with Gasteiger partial charge in [-0.15, -0.1) is 0 Å². The lowest BCUT2D eigenvalue weighted by molar-refractivity contribution is 0.102. The Bertz CT molecular complexity index is 1350. The second kappa shape index (κ2) is 8.47. The molecule has 4 aromatic rings. The Morgan fingerprint density at radius 1 is 1.09 bits per heavy atom. The summed E-state index contributed by atoms with van der Waals surface area (Å²) in [7, 11) is 1.75. The number of nitrogens with one attached hydrogen (secondary N) is 1. The molecule has 2 heterocycles. The molecule has 32 heavy (non-hydrogen) atoms. The van der Waals surface area contributed by atoms with Crippen LogP contribution in [0.4, 0.5) is 10.1 Å². The number of hydrogen-bond acceptors (Lipinski definition) is 3. The van der Waals surface area contributed by atoms with Crippen LogP contribution < -0.4 is 10.9 Å². The predicted octanol–water partition coefficient (Wildman–Crippen LogP) is 4.08. The Kier molecular flexibility index (Phi) is 5.71. The third kappa shape index (κ3) is 3.85. The lowest BCUT2D eigenvalue weighted by atomic mass is 10.2. The van der Waals surface area contributed by atoms with Crippen LogP contribution in [0.15, 0.2) is 59.4 Å². The van der Waals surface area contributed by atoms with Crippen LogP contribution in [-0.4, -0.2) is 25.1 Å². The quantitative estimate of drug-likeness (QED) is 0.494. The Balaban J connectivity index is 1.65. The van der Waals surface area contributed by atoms with Crippen molar-refractivity contribution in [3.8, 4) is 5.69 Å². The third-order valence-electron chi connectivity index (χ3n) is 5.33. The van der Waals surface area contributed by atoms with Crippen molar-refractivity contribution in [1.82, 2.24) is 19.1 Å². The van der Waals surface area contributed by atoms with Gasteiger partial charge in [0, 0.05) is 7.05 Å². The van der Waals surface area contributed by atoms with E-state index in [1.54, 1.807) is 37.7 Å². The van der Waals surface area contributed by atoms with Crippen molar-refractivity contribution in [1.29, 1.82) is 0 Å². The van der Waals surface area contributed by atoms with E-state index in [9.17, 15) is 14.0 Å². The molecule has 4 rings (SSSR count). The van der Waals surface area contributed by atoms with Gasteiger partial charge in [-0.25, -0.2) is 13.8 Å². The highest BCUT2D eigenvalue weighted by atomic mass is 35.5. The molecular weight excluding hydrogens is 433 g/mol. The molecule has 0 aliphatic heterocycles. The molecule has 164 valence electrons. The van der Waals surface area contributed by atoms with Gasteiger partial charge < -0.3 is 5.32 Å². The van der Waals surface area contributed by atoms with Crippen LogP contribution in [0.3, 0.4) is 0 Å². The van der Waals surface area contributed by atoms with Crippen LogP contribution >= 0.6 is 11.6 Å². The molecule has 7 nitrogen and oxygen atoms in total. The number of amides is 1. The maximum absolute atomic E-state index is 13.2. The van der Waals surface area contributed by atoms with Crippen molar-refractivity contribution >= 4 is 23.2 Å². The first-order valence-electron chi connectivity index (χ1n) is 9.90. The normalized spacial score (nSPS) is 11.0. The van der Waals surface area contributed by atoms with E-state index in [0.717, 1.165) is 5.56 Å². The summed E-state index contributed by atoms with van der Waals surface area (Å²) in [4.78, 5) is 26.1. The van der Waals surface area contributed by atoms with Crippen molar-refractivity contribution in [2.75, 3.05) is 5.32 Å². The lowest BCUT2D eigenvalue weighted by Gasteiger charge is -2.07. The van der Waals surface area contributed by atoms with Gasteiger partial charge >= 0.3 is 0 Å². The molecule has 0 aliphatic carbocycles. The number of benzene rings is 2.